The molecule has 1 spiro atoms. The third kappa shape index (κ3) is 4.07. The number of carbonyl (C=O) groups excluding carboxylic acids is 2. The van der Waals surface area contributed by atoms with Gasteiger partial charge in [-0.2, -0.15) is 0 Å². The lowest BCUT2D eigenvalue weighted by atomic mass is 9.65. The van der Waals surface area contributed by atoms with Crippen molar-refractivity contribution in [1.82, 2.24) is 5.48 Å². The van der Waals surface area contributed by atoms with Gasteiger partial charge in [0.1, 0.15) is 0 Å². The second kappa shape index (κ2) is 7.91. The van der Waals surface area contributed by atoms with Crippen molar-refractivity contribution in [1.29, 1.82) is 0 Å². The molecule has 2 amide bonds. The average molecular weight is 357 g/mol. The van der Waals surface area contributed by atoms with E-state index in [-0.39, 0.29) is 11.8 Å². The zero-order valence-corrected chi connectivity index (χ0v) is 15.0. The van der Waals surface area contributed by atoms with Gasteiger partial charge in [0.25, 0.3) is 5.91 Å². The summed E-state index contributed by atoms with van der Waals surface area (Å²) in [5.74, 6) is -0.629. The van der Waals surface area contributed by atoms with E-state index in [9.17, 15) is 9.59 Å². The fourth-order valence-electron chi connectivity index (χ4n) is 4.36. The highest BCUT2D eigenvalue weighted by Gasteiger charge is 2.39. The molecule has 3 rings (SSSR count). The second-order valence-corrected chi connectivity index (χ2v) is 7.53. The first-order valence-corrected chi connectivity index (χ1v) is 9.28. The maximum Gasteiger partial charge on any atom is 0.267 e. The molecule has 0 aromatic heterocycles. The van der Waals surface area contributed by atoms with Crippen molar-refractivity contribution in [3.05, 3.63) is 35.9 Å². The number of nitrogens with zero attached hydrogens (tertiary/aromatic N) is 1. The molecule has 2 aliphatic rings. The summed E-state index contributed by atoms with van der Waals surface area (Å²) in [6, 6.07) is 7.98. The van der Waals surface area contributed by atoms with Crippen LogP contribution in [0.2, 0.25) is 0 Å². The van der Waals surface area contributed by atoms with Gasteiger partial charge in [-0.15, -0.1) is 0 Å². The molecule has 4 N–H and O–H groups in total. The summed E-state index contributed by atoms with van der Waals surface area (Å²) in [6.45, 7) is 1.94. The molecule has 1 aliphatic heterocycles. The summed E-state index contributed by atoms with van der Waals surface area (Å²) < 4.78 is 0. The van der Waals surface area contributed by atoms with Gasteiger partial charge in [-0.1, -0.05) is 18.2 Å². The summed E-state index contributed by atoms with van der Waals surface area (Å²) >= 11 is 0. The number of hydrogen-bond acceptors (Lipinski definition) is 4. The Morgan fingerprint density at radius 3 is 2.42 bits per heavy atom. The molecular weight excluding hydrogens is 330 g/mol. The smallest absolute Gasteiger partial charge is 0.267 e. The fourth-order valence-corrected chi connectivity index (χ4v) is 4.36. The van der Waals surface area contributed by atoms with E-state index in [2.05, 4.69) is 11.0 Å². The zero-order valence-electron chi connectivity index (χ0n) is 15.0. The molecule has 1 aliphatic carbocycles. The van der Waals surface area contributed by atoms with Gasteiger partial charge in [0, 0.05) is 30.8 Å². The largest absolute Gasteiger partial charge is 0.371 e. The molecule has 1 saturated carbocycles. The molecule has 140 valence electrons. The molecule has 1 heterocycles. The lowest BCUT2D eigenvalue weighted by Gasteiger charge is -2.46. The van der Waals surface area contributed by atoms with E-state index in [0.29, 0.717) is 5.41 Å². The number of nitrogens with one attached hydrogen (secondary N) is 1. The van der Waals surface area contributed by atoms with Crippen LogP contribution >= 0.6 is 0 Å². The first-order valence-electron chi connectivity index (χ1n) is 9.28. The number of hydroxylamine groups is 1. The van der Waals surface area contributed by atoms with Gasteiger partial charge in [0.2, 0.25) is 5.91 Å². The minimum atomic E-state index is -0.538. The maximum atomic E-state index is 11.4. The highest BCUT2D eigenvalue weighted by molar-refractivity contribution is 5.91. The lowest BCUT2D eigenvalue weighted by Crippen LogP contribution is -2.43. The number of amides is 2. The number of benzene rings is 1. The van der Waals surface area contributed by atoms with Gasteiger partial charge in [0.15, 0.2) is 0 Å². The summed E-state index contributed by atoms with van der Waals surface area (Å²) in [7, 11) is 0. The number of para-hydroxylation sites is 1. The van der Waals surface area contributed by atoms with E-state index in [0.717, 1.165) is 62.9 Å². The zero-order chi connectivity index (χ0) is 18.6. The second-order valence-electron chi connectivity index (χ2n) is 7.53. The minimum Gasteiger partial charge on any atom is -0.371 e. The molecule has 1 aromatic carbocycles. The van der Waals surface area contributed by atoms with Gasteiger partial charge in [0.05, 0.1) is 0 Å². The van der Waals surface area contributed by atoms with Crippen molar-refractivity contribution in [3.63, 3.8) is 0 Å². The predicted octanol–water partition coefficient (Wildman–Crippen LogP) is 2.47. The summed E-state index contributed by atoms with van der Waals surface area (Å²) in [4.78, 5) is 25.0. The quantitative estimate of drug-likeness (QED) is 0.438. The number of rotatable bonds is 4. The SMILES string of the molecule is NC(=O)C1CCC2(CC1)CCN(c1ccccc1C=CC(=O)NO)CC2. The van der Waals surface area contributed by atoms with Crippen LogP contribution in [0, 0.1) is 11.3 Å². The first kappa shape index (κ1) is 18.5. The Labute approximate surface area is 154 Å². The van der Waals surface area contributed by atoms with Gasteiger partial charge in [-0.25, -0.2) is 5.48 Å². The van der Waals surface area contributed by atoms with Crippen LogP contribution in [-0.2, 0) is 9.59 Å². The van der Waals surface area contributed by atoms with Crippen LogP contribution in [0.3, 0.4) is 0 Å². The van der Waals surface area contributed by atoms with Crippen LogP contribution in [0.15, 0.2) is 30.3 Å². The van der Waals surface area contributed by atoms with Crippen molar-refractivity contribution in [2.45, 2.75) is 38.5 Å². The van der Waals surface area contributed by atoms with E-state index in [1.807, 2.05) is 18.2 Å². The summed E-state index contributed by atoms with van der Waals surface area (Å²) in [5, 5.41) is 8.63. The van der Waals surface area contributed by atoms with Crippen molar-refractivity contribution in [2.24, 2.45) is 17.1 Å². The molecule has 26 heavy (non-hydrogen) atoms. The Morgan fingerprint density at radius 2 is 1.81 bits per heavy atom. The molecule has 1 aromatic rings. The van der Waals surface area contributed by atoms with Crippen molar-refractivity contribution in [2.75, 3.05) is 18.0 Å². The molecule has 0 bridgehead atoms. The topological polar surface area (TPSA) is 95.7 Å². The predicted molar refractivity (Wildman–Crippen MR) is 100 cm³/mol. The van der Waals surface area contributed by atoms with Crippen LogP contribution in [-0.4, -0.2) is 30.1 Å². The van der Waals surface area contributed by atoms with Crippen LogP contribution in [0.25, 0.3) is 6.08 Å². The molecule has 1 saturated heterocycles. The van der Waals surface area contributed by atoms with Gasteiger partial charge in [-0.05, 0) is 61.6 Å². The van der Waals surface area contributed by atoms with Crippen LogP contribution in [0.1, 0.15) is 44.1 Å². The molecule has 0 unspecified atom stereocenters. The lowest BCUT2D eigenvalue weighted by molar-refractivity contribution is -0.124. The van der Waals surface area contributed by atoms with Crippen molar-refractivity contribution < 1.29 is 14.8 Å². The van der Waals surface area contributed by atoms with Crippen LogP contribution in [0.5, 0.6) is 0 Å². The molecule has 2 fully saturated rings. The normalized spacial score (nSPS) is 20.4. The number of hydrogen-bond donors (Lipinski definition) is 3. The Morgan fingerprint density at radius 1 is 1.15 bits per heavy atom. The van der Waals surface area contributed by atoms with Crippen molar-refractivity contribution >= 4 is 23.6 Å². The minimum absolute atomic E-state index is 0.0576. The number of primary amides is 1. The molecule has 0 radical (unpaired) electrons. The van der Waals surface area contributed by atoms with E-state index in [4.69, 9.17) is 10.9 Å². The van der Waals surface area contributed by atoms with E-state index >= 15 is 0 Å². The first-order chi connectivity index (χ1) is 12.5. The van der Waals surface area contributed by atoms with E-state index in [1.54, 1.807) is 11.6 Å². The van der Waals surface area contributed by atoms with Crippen LogP contribution < -0.4 is 16.1 Å². The highest BCUT2D eigenvalue weighted by Crippen LogP contribution is 2.47. The molecule has 0 atom stereocenters. The summed E-state index contributed by atoms with van der Waals surface area (Å²) in [6.07, 6.45) is 9.31. The van der Waals surface area contributed by atoms with Gasteiger partial charge >= 0.3 is 0 Å². The van der Waals surface area contributed by atoms with Gasteiger partial charge < -0.3 is 10.6 Å². The molecule has 6 nitrogen and oxygen atoms in total. The number of piperidine rings is 1. The Bertz CT molecular complexity index is 683. The summed E-state index contributed by atoms with van der Waals surface area (Å²) in [5.41, 5.74) is 9.49. The van der Waals surface area contributed by atoms with Gasteiger partial charge in [-0.3, -0.25) is 14.8 Å². The maximum absolute atomic E-state index is 11.4. The third-order valence-electron chi connectivity index (χ3n) is 6.07. The van der Waals surface area contributed by atoms with Crippen molar-refractivity contribution in [3.8, 4) is 0 Å². The number of anilines is 1. The number of nitrogens with two attached hydrogens (primary N) is 1. The number of carbonyl (C=O) groups is 2. The monoisotopic (exact) mass is 357 g/mol. The highest BCUT2D eigenvalue weighted by atomic mass is 16.5. The molecular formula is C20H27N3O3. The van der Waals surface area contributed by atoms with Crippen LogP contribution in [0.4, 0.5) is 5.69 Å². The van der Waals surface area contributed by atoms with E-state index < -0.39 is 5.91 Å². The third-order valence-corrected chi connectivity index (χ3v) is 6.07. The van der Waals surface area contributed by atoms with E-state index in [1.165, 1.54) is 6.08 Å². The fraction of sp³-hybridized carbons (Fsp3) is 0.500. The molecule has 6 heteroatoms. The Hall–Kier alpha value is -2.34. The Kier molecular flexibility index (Phi) is 5.61. The Balaban J connectivity index is 1.65. The standard InChI is InChI=1S/C20H27N3O3/c21-19(25)16-7-9-20(10-8-16)11-13-23(14-12-20)17-4-2-1-3-15(17)5-6-18(24)22-26/h1-6,16,26H,7-14H2,(H2,21,25)(H,22,24). The average Bonchev–Trinajstić information content (AvgIpc) is 2.67.